The molecule has 4 rings (SSSR count). The van der Waals surface area contributed by atoms with Crippen molar-refractivity contribution in [2.24, 2.45) is 0 Å². The van der Waals surface area contributed by atoms with Crippen LogP contribution in [0.3, 0.4) is 0 Å². The molecule has 3 heterocycles. The van der Waals surface area contributed by atoms with Gasteiger partial charge in [0, 0.05) is 19.6 Å². The summed E-state index contributed by atoms with van der Waals surface area (Å²) in [5, 5.41) is 27.0. The standard InChI is InChI=1S/C20H23FN8O3/c1-20(2)19-23-14(9-16(30)22-10-12-3-5-13(21)6-4-12)17(31)18(32)29(19)8-7-28(20)11-15-24-26-27-25-15/h3-6,31H,7-11H2,1-2H3,(H,22,30)(H,24,25,26,27). The summed E-state index contributed by atoms with van der Waals surface area (Å²) in [4.78, 5) is 31.8. The highest BCUT2D eigenvalue weighted by Crippen LogP contribution is 2.31. The van der Waals surface area contributed by atoms with Crippen LogP contribution in [0.15, 0.2) is 29.1 Å². The zero-order valence-corrected chi connectivity index (χ0v) is 17.7. The van der Waals surface area contributed by atoms with Gasteiger partial charge in [0.1, 0.15) is 11.6 Å². The average molecular weight is 442 g/mol. The lowest BCUT2D eigenvalue weighted by Crippen LogP contribution is -2.52. The van der Waals surface area contributed by atoms with Crippen LogP contribution in [-0.2, 0) is 36.4 Å². The number of benzene rings is 1. The van der Waals surface area contributed by atoms with Crippen LogP contribution in [0.2, 0.25) is 0 Å². The van der Waals surface area contributed by atoms with E-state index in [9.17, 15) is 19.1 Å². The number of halogens is 1. The van der Waals surface area contributed by atoms with Gasteiger partial charge in [0.2, 0.25) is 11.7 Å². The van der Waals surface area contributed by atoms with E-state index >= 15 is 0 Å². The highest BCUT2D eigenvalue weighted by atomic mass is 19.1. The second-order valence-electron chi connectivity index (χ2n) is 8.08. The van der Waals surface area contributed by atoms with Gasteiger partial charge in [0.15, 0.2) is 5.82 Å². The zero-order valence-electron chi connectivity index (χ0n) is 17.7. The number of tetrazole rings is 1. The summed E-state index contributed by atoms with van der Waals surface area (Å²) in [5.41, 5.74) is -0.540. The number of amides is 1. The Kier molecular flexibility index (Phi) is 5.70. The van der Waals surface area contributed by atoms with Crippen LogP contribution in [0, 0.1) is 5.82 Å². The lowest BCUT2D eigenvalue weighted by molar-refractivity contribution is -0.120. The Morgan fingerprint density at radius 3 is 2.72 bits per heavy atom. The van der Waals surface area contributed by atoms with E-state index in [0.717, 1.165) is 5.56 Å². The smallest absolute Gasteiger partial charge is 0.296 e. The summed E-state index contributed by atoms with van der Waals surface area (Å²) in [7, 11) is 0. The molecule has 0 unspecified atom stereocenters. The van der Waals surface area contributed by atoms with Gasteiger partial charge >= 0.3 is 0 Å². The van der Waals surface area contributed by atoms with Crippen LogP contribution in [0.1, 0.15) is 36.8 Å². The molecular formula is C20H23FN8O3. The van der Waals surface area contributed by atoms with Crippen molar-refractivity contribution in [3.8, 4) is 5.75 Å². The highest BCUT2D eigenvalue weighted by molar-refractivity contribution is 5.78. The molecule has 1 aliphatic heterocycles. The van der Waals surface area contributed by atoms with Crippen LogP contribution < -0.4 is 10.9 Å². The summed E-state index contributed by atoms with van der Waals surface area (Å²) < 4.78 is 14.5. The quantitative estimate of drug-likeness (QED) is 0.492. The number of aromatic amines is 1. The van der Waals surface area contributed by atoms with Crippen molar-refractivity contribution < 1.29 is 14.3 Å². The molecule has 11 nitrogen and oxygen atoms in total. The van der Waals surface area contributed by atoms with E-state index in [2.05, 4.69) is 35.8 Å². The second-order valence-corrected chi connectivity index (χ2v) is 8.08. The van der Waals surface area contributed by atoms with Crippen LogP contribution in [0.25, 0.3) is 0 Å². The van der Waals surface area contributed by atoms with E-state index in [4.69, 9.17) is 0 Å². The van der Waals surface area contributed by atoms with Gasteiger partial charge in [-0.05, 0) is 31.5 Å². The molecule has 3 N–H and O–H groups in total. The molecule has 1 aromatic carbocycles. The molecule has 0 bridgehead atoms. The predicted octanol–water partition coefficient (Wildman–Crippen LogP) is 0.211. The summed E-state index contributed by atoms with van der Waals surface area (Å²) in [6, 6.07) is 5.75. The lowest BCUT2D eigenvalue weighted by atomic mass is 9.98. The Morgan fingerprint density at radius 2 is 2.03 bits per heavy atom. The molecule has 0 atom stereocenters. The van der Waals surface area contributed by atoms with E-state index in [0.29, 0.717) is 31.3 Å². The number of fused-ring (bicyclic) bond motifs is 1. The van der Waals surface area contributed by atoms with Crippen molar-refractivity contribution in [1.29, 1.82) is 0 Å². The van der Waals surface area contributed by atoms with E-state index in [-0.39, 0.29) is 24.5 Å². The molecular weight excluding hydrogens is 419 g/mol. The van der Waals surface area contributed by atoms with Gasteiger partial charge in [0.25, 0.3) is 5.56 Å². The number of aromatic nitrogens is 6. The van der Waals surface area contributed by atoms with Gasteiger partial charge in [-0.1, -0.05) is 17.3 Å². The number of nitrogens with zero attached hydrogens (tertiary/aromatic N) is 6. The number of hydrogen-bond acceptors (Lipinski definition) is 8. The Hall–Kier alpha value is -3.67. The van der Waals surface area contributed by atoms with E-state index in [1.807, 2.05) is 13.8 Å². The Morgan fingerprint density at radius 1 is 1.28 bits per heavy atom. The minimum atomic E-state index is -0.689. The van der Waals surface area contributed by atoms with Gasteiger partial charge in [-0.3, -0.25) is 19.1 Å². The normalized spacial score (nSPS) is 15.3. The van der Waals surface area contributed by atoms with Crippen LogP contribution in [-0.4, -0.2) is 52.6 Å². The first-order chi connectivity index (χ1) is 15.3. The molecule has 32 heavy (non-hydrogen) atoms. The Balaban J connectivity index is 1.54. The van der Waals surface area contributed by atoms with Crippen molar-refractivity contribution >= 4 is 5.91 Å². The molecule has 0 spiro atoms. The van der Waals surface area contributed by atoms with E-state index in [1.165, 1.54) is 16.7 Å². The van der Waals surface area contributed by atoms with Crippen LogP contribution in [0.4, 0.5) is 4.39 Å². The van der Waals surface area contributed by atoms with Gasteiger partial charge in [-0.2, -0.15) is 5.21 Å². The third-order valence-electron chi connectivity index (χ3n) is 5.60. The summed E-state index contributed by atoms with van der Waals surface area (Å²) >= 11 is 0. The third kappa shape index (κ3) is 4.21. The van der Waals surface area contributed by atoms with Gasteiger partial charge in [-0.15, -0.1) is 10.2 Å². The van der Waals surface area contributed by atoms with E-state index in [1.54, 1.807) is 12.1 Å². The first-order valence-corrected chi connectivity index (χ1v) is 10.1. The SMILES string of the molecule is CC1(C)c2nc(CC(=O)NCc3ccc(F)cc3)c(O)c(=O)n2CCN1Cc1nn[nH]n1. The molecule has 1 amide bonds. The molecule has 0 aliphatic carbocycles. The number of rotatable bonds is 6. The van der Waals surface area contributed by atoms with Crippen molar-refractivity contribution in [1.82, 2.24) is 40.4 Å². The Bertz CT molecular complexity index is 1170. The summed E-state index contributed by atoms with van der Waals surface area (Å²) in [5.74, 6) is -0.365. The van der Waals surface area contributed by atoms with Crippen LogP contribution in [0.5, 0.6) is 5.75 Å². The van der Waals surface area contributed by atoms with Gasteiger partial charge < -0.3 is 10.4 Å². The fourth-order valence-corrected chi connectivity index (χ4v) is 3.74. The summed E-state index contributed by atoms with van der Waals surface area (Å²) in [6.45, 7) is 5.24. The minimum Gasteiger partial charge on any atom is -0.502 e. The molecule has 0 radical (unpaired) electrons. The molecule has 0 saturated heterocycles. The van der Waals surface area contributed by atoms with Crippen molar-refractivity contribution in [3.63, 3.8) is 0 Å². The van der Waals surface area contributed by atoms with Crippen molar-refractivity contribution in [3.05, 3.63) is 63.3 Å². The number of carbonyl (C=O) groups is 1. The van der Waals surface area contributed by atoms with Gasteiger partial charge in [0.05, 0.1) is 24.2 Å². The molecule has 0 saturated carbocycles. The maximum Gasteiger partial charge on any atom is 0.296 e. The third-order valence-corrected chi connectivity index (χ3v) is 5.60. The zero-order chi connectivity index (χ0) is 22.9. The van der Waals surface area contributed by atoms with Crippen LogP contribution >= 0.6 is 0 Å². The van der Waals surface area contributed by atoms with Gasteiger partial charge in [-0.25, -0.2) is 9.37 Å². The van der Waals surface area contributed by atoms with Crippen molar-refractivity contribution in [2.45, 2.75) is 45.4 Å². The monoisotopic (exact) mass is 442 g/mol. The topological polar surface area (TPSA) is 142 Å². The number of carbonyl (C=O) groups excluding carboxylic acids is 1. The number of H-pyrrole nitrogens is 1. The number of hydrogen-bond donors (Lipinski definition) is 3. The largest absolute Gasteiger partial charge is 0.502 e. The molecule has 3 aromatic rings. The minimum absolute atomic E-state index is 0.00680. The number of nitrogens with one attached hydrogen (secondary N) is 2. The lowest BCUT2D eigenvalue weighted by Gasteiger charge is -2.42. The highest BCUT2D eigenvalue weighted by Gasteiger charge is 2.38. The fraction of sp³-hybridized carbons (Fsp3) is 0.400. The molecule has 1 aliphatic rings. The maximum atomic E-state index is 13.0. The predicted molar refractivity (Wildman–Crippen MR) is 110 cm³/mol. The second kappa shape index (κ2) is 8.46. The molecule has 12 heteroatoms. The summed E-state index contributed by atoms with van der Waals surface area (Å²) in [6.07, 6.45) is -0.267. The van der Waals surface area contributed by atoms with E-state index < -0.39 is 22.8 Å². The first kappa shape index (κ1) is 21.6. The van der Waals surface area contributed by atoms with Crippen molar-refractivity contribution in [2.75, 3.05) is 6.54 Å². The average Bonchev–Trinajstić information content (AvgIpc) is 3.27. The molecule has 0 fully saturated rings. The number of aromatic hydroxyl groups is 1. The fourth-order valence-electron chi connectivity index (χ4n) is 3.74. The first-order valence-electron chi connectivity index (χ1n) is 10.1. The maximum absolute atomic E-state index is 13.0. The Labute approximate surface area is 182 Å². The molecule has 2 aromatic heterocycles. The molecule has 168 valence electrons.